The molecule has 0 aromatic heterocycles. The second-order valence-electron chi connectivity index (χ2n) is 4.55. The molecule has 3 atom stereocenters. The normalized spacial score (nSPS) is 56.8. The van der Waals surface area contributed by atoms with E-state index in [1.807, 2.05) is 0 Å². The predicted octanol–water partition coefficient (Wildman–Crippen LogP) is 0.776. The number of rotatable bonds is 0. The van der Waals surface area contributed by atoms with Gasteiger partial charge >= 0.3 is 0 Å². The SMILES string of the molecule is O=S1(=O)C[C@@]23CC[C@@]2(COC3)[C@H]1Cl. The summed E-state index contributed by atoms with van der Waals surface area (Å²) in [5, 5.41) is 0. The van der Waals surface area contributed by atoms with E-state index >= 15 is 0 Å². The van der Waals surface area contributed by atoms with Crippen molar-refractivity contribution in [3.8, 4) is 0 Å². The molecule has 0 amide bonds. The molecule has 0 bridgehead atoms. The molecule has 0 spiro atoms. The van der Waals surface area contributed by atoms with Crippen molar-refractivity contribution in [2.45, 2.75) is 17.6 Å². The van der Waals surface area contributed by atoms with E-state index in [9.17, 15) is 8.42 Å². The summed E-state index contributed by atoms with van der Waals surface area (Å²) in [6.07, 6.45) is 1.88. The molecule has 3 fully saturated rings. The summed E-state index contributed by atoms with van der Waals surface area (Å²) in [7, 11) is -3.05. The molecule has 74 valence electrons. The molecule has 0 aromatic carbocycles. The number of halogens is 1. The Kier molecular flexibility index (Phi) is 1.35. The van der Waals surface area contributed by atoms with Crippen LogP contribution in [0.1, 0.15) is 12.8 Å². The lowest BCUT2D eigenvalue weighted by molar-refractivity contribution is 0.0173. The van der Waals surface area contributed by atoms with Crippen molar-refractivity contribution in [2.24, 2.45) is 10.8 Å². The Balaban J connectivity index is 2.16. The summed E-state index contributed by atoms with van der Waals surface area (Å²) >= 11 is 6.02. The molecule has 13 heavy (non-hydrogen) atoms. The van der Waals surface area contributed by atoms with Crippen molar-refractivity contribution in [3.63, 3.8) is 0 Å². The zero-order valence-corrected chi connectivity index (χ0v) is 8.70. The second kappa shape index (κ2) is 2.07. The Morgan fingerprint density at radius 1 is 1.31 bits per heavy atom. The van der Waals surface area contributed by atoms with Crippen molar-refractivity contribution in [3.05, 3.63) is 0 Å². The Hall–Kier alpha value is 0.200. The molecule has 2 aliphatic heterocycles. The molecule has 2 heterocycles. The van der Waals surface area contributed by atoms with E-state index in [-0.39, 0.29) is 16.6 Å². The first-order valence-electron chi connectivity index (χ1n) is 4.46. The molecule has 3 rings (SSSR count). The van der Waals surface area contributed by atoms with Gasteiger partial charge in [-0.15, -0.1) is 11.6 Å². The van der Waals surface area contributed by atoms with Crippen LogP contribution in [0.3, 0.4) is 0 Å². The minimum Gasteiger partial charge on any atom is -0.380 e. The lowest BCUT2D eigenvalue weighted by atomic mass is 9.53. The van der Waals surface area contributed by atoms with Crippen LogP contribution in [0.25, 0.3) is 0 Å². The molecule has 0 radical (unpaired) electrons. The average molecular weight is 223 g/mol. The molecular formula is C8H11ClO3S. The summed E-state index contributed by atoms with van der Waals surface area (Å²) in [5.74, 6) is 0.244. The molecule has 5 heteroatoms. The quantitative estimate of drug-likeness (QED) is 0.569. The first-order chi connectivity index (χ1) is 6.03. The Labute approximate surface area is 82.3 Å². The number of hydrogen-bond acceptors (Lipinski definition) is 3. The van der Waals surface area contributed by atoms with Gasteiger partial charge in [0.2, 0.25) is 0 Å². The van der Waals surface area contributed by atoms with Gasteiger partial charge < -0.3 is 4.74 Å². The van der Waals surface area contributed by atoms with E-state index in [2.05, 4.69) is 0 Å². The Bertz CT molecular complexity index is 366. The van der Waals surface area contributed by atoms with Crippen molar-refractivity contribution in [2.75, 3.05) is 19.0 Å². The average Bonchev–Trinajstić information content (AvgIpc) is 2.31. The highest BCUT2D eigenvalue weighted by Gasteiger charge is 2.74. The summed E-state index contributed by atoms with van der Waals surface area (Å²) < 4.78 is 28.0. The predicted molar refractivity (Wildman–Crippen MR) is 48.3 cm³/mol. The largest absolute Gasteiger partial charge is 0.380 e. The van der Waals surface area contributed by atoms with Gasteiger partial charge in [0.15, 0.2) is 9.84 Å². The van der Waals surface area contributed by atoms with Gasteiger partial charge in [-0.1, -0.05) is 0 Å². The summed E-state index contributed by atoms with van der Waals surface area (Å²) in [4.78, 5) is 0. The monoisotopic (exact) mass is 222 g/mol. The molecule has 3 aliphatic rings. The number of ether oxygens (including phenoxy) is 1. The fraction of sp³-hybridized carbons (Fsp3) is 1.00. The Morgan fingerprint density at radius 2 is 2.08 bits per heavy atom. The maximum Gasteiger partial charge on any atom is 0.168 e. The molecule has 0 unspecified atom stereocenters. The topological polar surface area (TPSA) is 43.4 Å². The summed E-state index contributed by atoms with van der Waals surface area (Å²) in [5.41, 5.74) is -0.342. The van der Waals surface area contributed by atoms with Gasteiger partial charge in [0.05, 0.1) is 19.0 Å². The minimum atomic E-state index is -3.05. The van der Waals surface area contributed by atoms with Crippen LogP contribution >= 0.6 is 11.6 Å². The van der Waals surface area contributed by atoms with Gasteiger partial charge in [-0.05, 0) is 12.8 Å². The van der Waals surface area contributed by atoms with Crippen LogP contribution in [-0.2, 0) is 14.6 Å². The minimum absolute atomic E-state index is 0.113. The van der Waals surface area contributed by atoms with E-state index < -0.39 is 14.5 Å². The van der Waals surface area contributed by atoms with E-state index in [0.29, 0.717) is 13.2 Å². The van der Waals surface area contributed by atoms with Crippen molar-refractivity contribution >= 4 is 21.4 Å². The highest BCUT2D eigenvalue weighted by molar-refractivity contribution is 7.93. The van der Waals surface area contributed by atoms with Crippen LogP contribution in [0, 0.1) is 10.8 Å². The molecule has 1 saturated carbocycles. The highest BCUT2D eigenvalue weighted by atomic mass is 35.5. The third-order valence-corrected chi connectivity index (χ3v) is 7.34. The van der Waals surface area contributed by atoms with Crippen LogP contribution in [0.4, 0.5) is 0 Å². The first kappa shape index (κ1) is 8.50. The van der Waals surface area contributed by atoms with Gasteiger partial charge in [0, 0.05) is 10.8 Å². The fourth-order valence-electron chi connectivity index (χ4n) is 3.15. The Morgan fingerprint density at radius 3 is 2.62 bits per heavy atom. The molecule has 3 nitrogen and oxygen atoms in total. The smallest absolute Gasteiger partial charge is 0.168 e. The third kappa shape index (κ3) is 0.713. The van der Waals surface area contributed by atoms with Crippen LogP contribution in [0.5, 0.6) is 0 Å². The maximum absolute atomic E-state index is 11.6. The first-order valence-corrected chi connectivity index (χ1v) is 6.61. The zero-order valence-electron chi connectivity index (χ0n) is 7.12. The zero-order chi connectivity index (χ0) is 9.32. The van der Waals surface area contributed by atoms with Crippen LogP contribution in [-0.4, -0.2) is 32.1 Å². The van der Waals surface area contributed by atoms with Gasteiger partial charge in [0.1, 0.15) is 4.71 Å². The van der Waals surface area contributed by atoms with Crippen molar-refractivity contribution in [1.82, 2.24) is 0 Å². The fourth-order valence-corrected chi connectivity index (χ4v) is 6.30. The van der Waals surface area contributed by atoms with Gasteiger partial charge in [-0.3, -0.25) is 0 Å². The number of hydrogen-bond donors (Lipinski definition) is 0. The number of alkyl halides is 1. The summed E-state index contributed by atoms with van der Waals surface area (Å²) in [6.45, 7) is 1.13. The van der Waals surface area contributed by atoms with Gasteiger partial charge in [-0.2, -0.15) is 0 Å². The third-order valence-electron chi connectivity index (χ3n) is 4.07. The molecule has 0 N–H and O–H groups in total. The lowest BCUT2D eigenvalue weighted by Gasteiger charge is -2.48. The molecule has 0 aromatic rings. The second-order valence-corrected chi connectivity index (χ2v) is 7.33. The standard InChI is InChI=1S/C8H11ClO3S/c9-6-8-2-1-7(8,3-12-4-8)5-13(6,10)11/h6H,1-5H2/t6-,7-,8+/m0/s1. The van der Waals surface area contributed by atoms with E-state index in [0.717, 1.165) is 12.8 Å². The highest BCUT2D eigenvalue weighted by Crippen LogP contribution is 2.69. The molecule has 2 saturated heterocycles. The van der Waals surface area contributed by atoms with Crippen LogP contribution in [0.2, 0.25) is 0 Å². The van der Waals surface area contributed by atoms with Crippen molar-refractivity contribution < 1.29 is 13.2 Å². The van der Waals surface area contributed by atoms with Gasteiger partial charge in [-0.25, -0.2) is 8.42 Å². The van der Waals surface area contributed by atoms with E-state index in [1.54, 1.807) is 0 Å². The summed E-state index contributed by atoms with van der Waals surface area (Å²) in [6, 6.07) is 0. The van der Waals surface area contributed by atoms with Gasteiger partial charge in [0.25, 0.3) is 0 Å². The number of sulfone groups is 1. The molecular weight excluding hydrogens is 212 g/mol. The van der Waals surface area contributed by atoms with E-state index in [4.69, 9.17) is 16.3 Å². The van der Waals surface area contributed by atoms with Crippen molar-refractivity contribution in [1.29, 1.82) is 0 Å². The van der Waals surface area contributed by atoms with Crippen LogP contribution < -0.4 is 0 Å². The van der Waals surface area contributed by atoms with Crippen LogP contribution in [0.15, 0.2) is 0 Å². The van der Waals surface area contributed by atoms with E-state index in [1.165, 1.54) is 0 Å². The molecule has 1 aliphatic carbocycles. The maximum atomic E-state index is 11.6. The lowest BCUT2D eigenvalue weighted by Crippen LogP contribution is -2.51.